The van der Waals surface area contributed by atoms with E-state index in [2.05, 4.69) is 0 Å². The number of carbonyl (C=O) groups excluding carboxylic acids is 2. The predicted octanol–water partition coefficient (Wildman–Crippen LogP) is 0.850. The minimum absolute atomic E-state index is 0.402. The summed E-state index contributed by atoms with van der Waals surface area (Å²) in [6.07, 6.45) is -6.38. The molecule has 110 valence electrons. The van der Waals surface area contributed by atoms with Gasteiger partial charge in [-0.2, -0.15) is 13.2 Å². The fourth-order valence-corrected chi connectivity index (χ4v) is 0.972. The fourth-order valence-electron chi connectivity index (χ4n) is 0.972. The smallest absolute Gasteiger partial charge is 0.471 e. The molecule has 19 heavy (non-hydrogen) atoms. The Labute approximate surface area is 106 Å². The van der Waals surface area contributed by atoms with Gasteiger partial charge in [0.05, 0.1) is 12.5 Å². The van der Waals surface area contributed by atoms with Crippen molar-refractivity contribution in [1.29, 1.82) is 0 Å². The van der Waals surface area contributed by atoms with Crippen LogP contribution in [0.25, 0.3) is 0 Å². The van der Waals surface area contributed by atoms with Gasteiger partial charge in [0.2, 0.25) is 0 Å². The normalized spacial score (nSPS) is 14.4. The van der Waals surface area contributed by atoms with Crippen molar-refractivity contribution in [2.24, 2.45) is 0 Å². The number of hydrogen-bond acceptors (Lipinski definition) is 4. The molecule has 0 aromatic carbocycles. The van der Waals surface area contributed by atoms with E-state index in [9.17, 15) is 27.6 Å². The molecule has 9 heteroatoms. The molecule has 0 aromatic rings. The van der Waals surface area contributed by atoms with Crippen molar-refractivity contribution in [3.63, 3.8) is 0 Å². The fraction of sp³-hybridized carbons (Fsp3) is 0.700. The zero-order valence-electron chi connectivity index (χ0n) is 10.3. The maximum absolute atomic E-state index is 12.0. The predicted molar refractivity (Wildman–Crippen MR) is 56.1 cm³/mol. The lowest BCUT2D eigenvalue weighted by Gasteiger charge is -2.19. The standard InChI is InChI=1S/C10H14F3NO5/c1-3-5(2)19-8(17)6(4-7(15)16)14-9(18)10(11,12)13/h5-6H,3-4H2,1-2H3,(H,14,18)(H,15,16)/t5-,6+/m0/s1. The molecular formula is C10H14F3NO5. The first-order chi connectivity index (χ1) is 8.57. The summed E-state index contributed by atoms with van der Waals surface area (Å²) in [5, 5.41) is 9.80. The Bertz CT molecular complexity index is 356. The van der Waals surface area contributed by atoms with Crippen LogP contribution >= 0.6 is 0 Å². The molecule has 0 unspecified atom stereocenters. The number of carboxylic acid groups (broad SMARTS) is 1. The van der Waals surface area contributed by atoms with E-state index in [0.29, 0.717) is 6.42 Å². The molecule has 0 aliphatic heterocycles. The third-order valence-electron chi connectivity index (χ3n) is 2.12. The summed E-state index contributed by atoms with van der Waals surface area (Å²) in [4.78, 5) is 32.6. The van der Waals surface area contributed by atoms with Crippen LogP contribution in [0.4, 0.5) is 13.2 Å². The molecule has 0 saturated carbocycles. The number of ether oxygens (including phenoxy) is 1. The first-order valence-electron chi connectivity index (χ1n) is 5.37. The lowest BCUT2D eigenvalue weighted by molar-refractivity contribution is -0.176. The van der Waals surface area contributed by atoms with Crippen molar-refractivity contribution in [2.45, 2.75) is 45.0 Å². The van der Waals surface area contributed by atoms with Gasteiger partial charge < -0.3 is 15.2 Å². The van der Waals surface area contributed by atoms with E-state index in [4.69, 9.17) is 9.84 Å². The average molecular weight is 285 g/mol. The molecule has 2 N–H and O–H groups in total. The number of alkyl halides is 3. The van der Waals surface area contributed by atoms with E-state index in [0.717, 1.165) is 0 Å². The number of rotatable bonds is 6. The van der Waals surface area contributed by atoms with Crippen molar-refractivity contribution in [1.82, 2.24) is 5.32 Å². The minimum atomic E-state index is -5.20. The number of halogens is 3. The molecule has 0 aliphatic rings. The Morgan fingerprint density at radius 2 is 1.84 bits per heavy atom. The van der Waals surface area contributed by atoms with Crippen molar-refractivity contribution >= 4 is 17.8 Å². The summed E-state index contributed by atoms with van der Waals surface area (Å²) >= 11 is 0. The highest BCUT2D eigenvalue weighted by atomic mass is 19.4. The van der Waals surface area contributed by atoms with Crippen LogP contribution < -0.4 is 5.32 Å². The molecule has 0 aliphatic carbocycles. The first-order valence-corrected chi connectivity index (χ1v) is 5.37. The maximum Gasteiger partial charge on any atom is 0.471 e. The van der Waals surface area contributed by atoms with Gasteiger partial charge in [0.25, 0.3) is 0 Å². The topological polar surface area (TPSA) is 92.7 Å². The largest absolute Gasteiger partial charge is 0.481 e. The molecule has 0 rings (SSSR count). The summed E-state index contributed by atoms with van der Waals surface area (Å²) in [6, 6.07) is -1.87. The van der Waals surface area contributed by atoms with Crippen molar-refractivity contribution in [3.05, 3.63) is 0 Å². The molecule has 0 spiro atoms. The highest BCUT2D eigenvalue weighted by Gasteiger charge is 2.41. The van der Waals surface area contributed by atoms with Crippen molar-refractivity contribution in [2.75, 3.05) is 0 Å². The van der Waals surface area contributed by atoms with Crippen LogP contribution in [0, 0.1) is 0 Å². The van der Waals surface area contributed by atoms with Gasteiger partial charge in [-0.1, -0.05) is 6.92 Å². The first kappa shape index (κ1) is 17.2. The number of carbonyl (C=O) groups is 3. The van der Waals surface area contributed by atoms with Gasteiger partial charge in [-0.25, -0.2) is 4.79 Å². The Kier molecular flexibility index (Phi) is 6.30. The third kappa shape index (κ3) is 6.63. The van der Waals surface area contributed by atoms with Gasteiger partial charge in [0, 0.05) is 0 Å². The number of aliphatic carboxylic acids is 1. The molecular weight excluding hydrogens is 271 g/mol. The van der Waals surface area contributed by atoms with E-state index in [-0.39, 0.29) is 0 Å². The van der Waals surface area contributed by atoms with E-state index >= 15 is 0 Å². The molecule has 0 heterocycles. The number of nitrogens with one attached hydrogen (secondary N) is 1. The van der Waals surface area contributed by atoms with Crippen LogP contribution in [-0.2, 0) is 19.1 Å². The van der Waals surface area contributed by atoms with E-state index in [1.54, 1.807) is 6.92 Å². The Morgan fingerprint density at radius 1 is 1.32 bits per heavy atom. The molecule has 2 atom stereocenters. The van der Waals surface area contributed by atoms with Gasteiger partial charge in [-0.3, -0.25) is 9.59 Å². The Morgan fingerprint density at radius 3 is 2.21 bits per heavy atom. The SMILES string of the molecule is CC[C@H](C)OC(=O)[C@@H](CC(=O)O)NC(=O)C(F)(F)F. The monoisotopic (exact) mass is 285 g/mol. The van der Waals surface area contributed by atoms with Crippen LogP contribution in [0.2, 0.25) is 0 Å². The van der Waals surface area contributed by atoms with Crippen LogP contribution in [0.3, 0.4) is 0 Å². The van der Waals surface area contributed by atoms with Gasteiger partial charge in [-0.05, 0) is 13.3 Å². The van der Waals surface area contributed by atoms with E-state index in [1.165, 1.54) is 12.2 Å². The highest BCUT2D eigenvalue weighted by molar-refractivity contribution is 5.89. The number of esters is 1. The second kappa shape index (κ2) is 6.95. The summed E-state index contributed by atoms with van der Waals surface area (Å²) < 4.78 is 40.8. The van der Waals surface area contributed by atoms with E-state index in [1.807, 2.05) is 0 Å². The second-order valence-electron chi connectivity index (χ2n) is 3.78. The molecule has 0 aromatic heterocycles. The zero-order valence-corrected chi connectivity index (χ0v) is 10.3. The van der Waals surface area contributed by atoms with Crippen molar-refractivity contribution in [3.8, 4) is 0 Å². The molecule has 1 amide bonds. The molecule has 0 fully saturated rings. The summed E-state index contributed by atoms with van der Waals surface area (Å²) in [7, 11) is 0. The molecule has 0 radical (unpaired) electrons. The quantitative estimate of drug-likeness (QED) is 0.706. The Hall–Kier alpha value is -1.80. The number of carboxylic acids is 1. The number of amides is 1. The van der Waals surface area contributed by atoms with Crippen molar-refractivity contribution < 1.29 is 37.4 Å². The molecule has 0 saturated heterocycles. The lowest BCUT2D eigenvalue weighted by atomic mass is 10.2. The summed E-state index contributed by atoms with van der Waals surface area (Å²) in [5.74, 6) is -5.14. The van der Waals surface area contributed by atoms with Gasteiger partial charge in [-0.15, -0.1) is 0 Å². The van der Waals surface area contributed by atoms with Gasteiger partial charge in [0.15, 0.2) is 0 Å². The maximum atomic E-state index is 12.0. The molecule has 6 nitrogen and oxygen atoms in total. The van der Waals surface area contributed by atoms with E-state index < -0.39 is 42.6 Å². The van der Waals surface area contributed by atoms with Gasteiger partial charge in [0.1, 0.15) is 6.04 Å². The second-order valence-corrected chi connectivity index (χ2v) is 3.78. The lowest BCUT2D eigenvalue weighted by Crippen LogP contribution is -2.48. The van der Waals surface area contributed by atoms with Gasteiger partial charge >= 0.3 is 24.0 Å². The summed E-state index contributed by atoms with van der Waals surface area (Å²) in [5.41, 5.74) is 0. The van der Waals surface area contributed by atoms with Crippen LogP contribution in [-0.4, -0.2) is 41.3 Å². The minimum Gasteiger partial charge on any atom is -0.481 e. The molecule has 0 bridgehead atoms. The number of hydrogen-bond donors (Lipinski definition) is 2. The Balaban J connectivity index is 4.77. The summed E-state index contributed by atoms with van der Waals surface area (Å²) in [6.45, 7) is 3.15. The van der Waals surface area contributed by atoms with Crippen LogP contribution in [0.15, 0.2) is 0 Å². The third-order valence-corrected chi connectivity index (χ3v) is 2.12. The zero-order chi connectivity index (χ0) is 15.2. The highest BCUT2D eigenvalue weighted by Crippen LogP contribution is 2.15. The van der Waals surface area contributed by atoms with Crippen LogP contribution in [0.5, 0.6) is 0 Å². The van der Waals surface area contributed by atoms with Crippen LogP contribution in [0.1, 0.15) is 26.7 Å². The average Bonchev–Trinajstić information content (AvgIpc) is 2.25.